The summed E-state index contributed by atoms with van der Waals surface area (Å²) >= 11 is 0. The number of hydrogen-bond donors (Lipinski definition) is 3. The molecule has 0 saturated heterocycles. The average molecular weight is 215 g/mol. The molecule has 1 fully saturated rings. The molecule has 1 aliphatic rings. The third kappa shape index (κ3) is 3.35. The summed E-state index contributed by atoms with van der Waals surface area (Å²) in [5, 5.41) is 20.6. The minimum atomic E-state index is 0.162. The zero-order valence-corrected chi connectivity index (χ0v) is 9.48. The fourth-order valence-corrected chi connectivity index (χ4v) is 1.81. The Kier molecular flexibility index (Phi) is 3.93. The Bertz CT molecular complexity index is 239. The molecular weight excluding hydrogens is 194 g/mol. The number of oxime groups is 1. The van der Waals surface area contributed by atoms with Gasteiger partial charge >= 0.3 is 0 Å². The third-order valence-electron chi connectivity index (χ3n) is 3.24. The number of nitrogens with zero attached hydrogens (tertiary/aromatic N) is 2. The van der Waals surface area contributed by atoms with Gasteiger partial charge in [0.25, 0.3) is 0 Å². The van der Waals surface area contributed by atoms with Crippen molar-refractivity contribution in [2.24, 2.45) is 16.3 Å². The summed E-state index contributed by atoms with van der Waals surface area (Å²) in [6, 6.07) is 0.162. The second-order valence-corrected chi connectivity index (χ2v) is 4.71. The molecule has 0 aromatic carbocycles. The zero-order chi connectivity index (χ0) is 11.5. The summed E-state index contributed by atoms with van der Waals surface area (Å²) in [6.07, 6.45) is 2.88. The molecule has 5 heteroatoms. The Morgan fingerprint density at radius 3 is 2.60 bits per heavy atom. The van der Waals surface area contributed by atoms with Crippen molar-refractivity contribution in [3.05, 3.63) is 0 Å². The summed E-state index contributed by atoms with van der Waals surface area (Å²) < 4.78 is 0. The van der Waals surface area contributed by atoms with Crippen molar-refractivity contribution in [2.45, 2.75) is 32.2 Å². The van der Waals surface area contributed by atoms with Crippen LogP contribution in [0.5, 0.6) is 0 Å². The molecule has 1 rings (SSSR count). The molecule has 4 N–H and O–H groups in total. The van der Waals surface area contributed by atoms with Crippen LogP contribution in [0.1, 0.15) is 26.2 Å². The molecule has 0 aliphatic heterocycles. The van der Waals surface area contributed by atoms with E-state index in [-0.39, 0.29) is 18.1 Å². The lowest BCUT2D eigenvalue weighted by Gasteiger charge is -2.27. The van der Waals surface area contributed by atoms with Crippen LogP contribution >= 0.6 is 0 Å². The van der Waals surface area contributed by atoms with E-state index in [1.165, 1.54) is 0 Å². The first-order chi connectivity index (χ1) is 7.03. The molecule has 0 spiro atoms. The zero-order valence-electron chi connectivity index (χ0n) is 9.48. The molecule has 0 amide bonds. The van der Waals surface area contributed by atoms with Crippen molar-refractivity contribution >= 4 is 5.84 Å². The molecule has 0 aromatic heterocycles. The summed E-state index contributed by atoms with van der Waals surface area (Å²) in [4.78, 5) is 2.12. The van der Waals surface area contributed by atoms with Crippen LogP contribution in [-0.2, 0) is 0 Å². The average Bonchev–Trinajstić information content (AvgIpc) is 2.96. The van der Waals surface area contributed by atoms with Gasteiger partial charge in [0.1, 0.15) is 5.84 Å². The second-order valence-electron chi connectivity index (χ2n) is 4.71. The molecule has 1 saturated carbocycles. The highest BCUT2D eigenvalue weighted by Gasteiger charge is 2.44. The van der Waals surface area contributed by atoms with E-state index in [1.54, 1.807) is 0 Å². The summed E-state index contributed by atoms with van der Waals surface area (Å²) in [7, 11) is 1.99. The summed E-state index contributed by atoms with van der Waals surface area (Å²) in [5.74, 6) is 0.303. The van der Waals surface area contributed by atoms with Gasteiger partial charge in [-0.2, -0.15) is 0 Å². The highest BCUT2D eigenvalue weighted by Crippen LogP contribution is 2.49. The Morgan fingerprint density at radius 2 is 2.20 bits per heavy atom. The van der Waals surface area contributed by atoms with Crippen molar-refractivity contribution in [2.75, 3.05) is 20.2 Å². The largest absolute Gasteiger partial charge is 0.409 e. The Labute approximate surface area is 90.6 Å². The molecule has 1 atom stereocenters. The number of likely N-dealkylation sites (N-methyl/N-ethyl adjacent to an activating group) is 1. The second kappa shape index (κ2) is 4.81. The number of hydrogen-bond acceptors (Lipinski definition) is 4. The van der Waals surface area contributed by atoms with Crippen molar-refractivity contribution in [3.63, 3.8) is 0 Å². The number of amidine groups is 1. The van der Waals surface area contributed by atoms with E-state index in [2.05, 4.69) is 10.1 Å². The van der Waals surface area contributed by atoms with Gasteiger partial charge in [0.15, 0.2) is 0 Å². The molecule has 0 heterocycles. The first-order valence-electron chi connectivity index (χ1n) is 5.30. The van der Waals surface area contributed by atoms with Crippen LogP contribution in [0.2, 0.25) is 0 Å². The van der Waals surface area contributed by atoms with Gasteiger partial charge in [0.2, 0.25) is 0 Å². The van der Waals surface area contributed by atoms with Gasteiger partial charge in [0, 0.05) is 19.0 Å². The van der Waals surface area contributed by atoms with Gasteiger partial charge in [-0.05, 0) is 32.2 Å². The Morgan fingerprint density at radius 1 is 1.60 bits per heavy atom. The standard InChI is InChI=1S/C10H21N3O2/c1-8(6-14)13(2)7-10(3-4-10)5-9(11)12-15/h8,14-15H,3-7H2,1-2H3,(H2,11,12). The number of rotatable bonds is 6. The highest BCUT2D eigenvalue weighted by molar-refractivity contribution is 5.80. The molecule has 15 heavy (non-hydrogen) atoms. The van der Waals surface area contributed by atoms with Crippen LogP contribution in [0, 0.1) is 5.41 Å². The normalized spacial score (nSPS) is 21.7. The van der Waals surface area contributed by atoms with Crippen LogP contribution in [0.25, 0.3) is 0 Å². The maximum Gasteiger partial charge on any atom is 0.139 e. The predicted octanol–water partition coefficient (Wildman–Crippen LogP) is 0.216. The van der Waals surface area contributed by atoms with Gasteiger partial charge in [-0.3, -0.25) is 0 Å². The quantitative estimate of drug-likeness (QED) is 0.256. The maximum atomic E-state index is 9.02. The van der Waals surface area contributed by atoms with E-state index in [0.29, 0.717) is 12.3 Å². The van der Waals surface area contributed by atoms with Gasteiger partial charge in [-0.15, -0.1) is 0 Å². The van der Waals surface area contributed by atoms with Crippen LogP contribution in [0.15, 0.2) is 5.16 Å². The Hall–Kier alpha value is -0.810. The lowest BCUT2D eigenvalue weighted by atomic mass is 10.0. The van der Waals surface area contributed by atoms with E-state index in [0.717, 1.165) is 19.4 Å². The minimum absolute atomic E-state index is 0.162. The van der Waals surface area contributed by atoms with E-state index >= 15 is 0 Å². The smallest absolute Gasteiger partial charge is 0.139 e. The van der Waals surface area contributed by atoms with Gasteiger partial charge in [-0.1, -0.05) is 5.16 Å². The fourth-order valence-electron chi connectivity index (χ4n) is 1.81. The highest BCUT2D eigenvalue weighted by atomic mass is 16.4. The van der Waals surface area contributed by atoms with Crippen LogP contribution in [-0.4, -0.2) is 47.3 Å². The molecule has 88 valence electrons. The van der Waals surface area contributed by atoms with Gasteiger partial charge in [-0.25, -0.2) is 0 Å². The monoisotopic (exact) mass is 215 g/mol. The fraction of sp³-hybridized carbons (Fsp3) is 0.900. The molecule has 0 aromatic rings. The first-order valence-corrected chi connectivity index (χ1v) is 5.30. The number of aliphatic hydroxyl groups excluding tert-OH is 1. The molecule has 5 nitrogen and oxygen atoms in total. The van der Waals surface area contributed by atoms with Crippen molar-refractivity contribution in [1.29, 1.82) is 0 Å². The van der Waals surface area contributed by atoms with Crippen LogP contribution in [0.4, 0.5) is 0 Å². The van der Waals surface area contributed by atoms with E-state index in [9.17, 15) is 0 Å². The number of aliphatic hydroxyl groups is 1. The van der Waals surface area contributed by atoms with E-state index < -0.39 is 0 Å². The lowest BCUT2D eigenvalue weighted by Crippen LogP contribution is -2.37. The number of nitrogens with two attached hydrogens (primary N) is 1. The summed E-state index contributed by atoms with van der Waals surface area (Å²) in [6.45, 7) is 3.04. The molecule has 0 bridgehead atoms. The minimum Gasteiger partial charge on any atom is -0.409 e. The topological polar surface area (TPSA) is 82.1 Å². The van der Waals surface area contributed by atoms with Gasteiger partial charge < -0.3 is 20.9 Å². The Balaban J connectivity index is 2.43. The maximum absolute atomic E-state index is 9.02. The van der Waals surface area contributed by atoms with Gasteiger partial charge in [0.05, 0.1) is 6.61 Å². The first kappa shape index (κ1) is 12.3. The third-order valence-corrected chi connectivity index (χ3v) is 3.24. The molecular formula is C10H21N3O2. The van der Waals surface area contributed by atoms with Crippen molar-refractivity contribution < 1.29 is 10.3 Å². The van der Waals surface area contributed by atoms with Crippen LogP contribution in [0.3, 0.4) is 0 Å². The molecule has 1 aliphatic carbocycles. The SMILES string of the molecule is CC(CO)N(C)CC1(CC(N)=NO)CC1. The van der Waals surface area contributed by atoms with E-state index in [4.69, 9.17) is 16.0 Å². The predicted molar refractivity (Wildman–Crippen MR) is 58.9 cm³/mol. The summed E-state index contributed by atoms with van der Waals surface area (Å²) in [5.41, 5.74) is 5.69. The lowest BCUT2D eigenvalue weighted by molar-refractivity contribution is 0.138. The van der Waals surface area contributed by atoms with E-state index in [1.807, 2.05) is 14.0 Å². The van der Waals surface area contributed by atoms with Crippen LogP contribution < -0.4 is 5.73 Å². The molecule has 0 radical (unpaired) electrons. The van der Waals surface area contributed by atoms with Crippen molar-refractivity contribution in [1.82, 2.24) is 4.90 Å². The molecule has 1 unspecified atom stereocenters. The van der Waals surface area contributed by atoms with Crippen molar-refractivity contribution in [3.8, 4) is 0 Å².